The highest BCUT2D eigenvalue weighted by Gasteiger charge is 2.34. The molecule has 4 heterocycles. The molecule has 1 aliphatic rings. The minimum Gasteiger partial charge on any atom is -0.467 e. The third-order valence-electron chi connectivity index (χ3n) is 6.10. The maximum Gasteiger partial charge on any atom is 0.422 e. The number of nitrogens with one attached hydrogen (secondary N) is 2. The lowest BCUT2D eigenvalue weighted by molar-refractivity contribution is -0.154. The molecule has 7 nitrogen and oxygen atoms in total. The van der Waals surface area contributed by atoms with Gasteiger partial charge in [-0.1, -0.05) is 36.8 Å². The van der Waals surface area contributed by atoms with E-state index in [9.17, 15) is 13.2 Å². The molecular formula is C27H25F5N6OS. The van der Waals surface area contributed by atoms with Crippen LogP contribution in [0.25, 0.3) is 16.9 Å². The summed E-state index contributed by atoms with van der Waals surface area (Å²) >= 11 is 1.21. The van der Waals surface area contributed by atoms with Gasteiger partial charge in [0.2, 0.25) is 5.88 Å². The fourth-order valence-electron chi connectivity index (χ4n) is 4.25. The van der Waals surface area contributed by atoms with Crippen LogP contribution in [-0.2, 0) is 5.92 Å². The number of nitrogens with zero attached hydrogens (tertiary/aromatic N) is 4. The van der Waals surface area contributed by atoms with Crippen LogP contribution in [0.2, 0.25) is 0 Å². The van der Waals surface area contributed by atoms with Crippen molar-refractivity contribution in [3.8, 4) is 22.8 Å². The summed E-state index contributed by atoms with van der Waals surface area (Å²) in [5.74, 6) is -2.36. The Labute approximate surface area is 231 Å². The molecule has 13 heteroatoms. The summed E-state index contributed by atoms with van der Waals surface area (Å²) in [4.78, 5) is 9.20. The van der Waals surface area contributed by atoms with E-state index in [0.717, 1.165) is 0 Å². The number of anilines is 2. The number of hydrogen-bond acceptors (Lipinski definition) is 7. The predicted molar refractivity (Wildman–Crippen MR) is 143 cm³/mol. The van der Waals surface area contributed by atoms with Crippen molar-refractivity contribution >= 4 is 23.6 Å². The number of hydrogen-bond donors (Lipinski definition) is 2. The van der Waals surface area contributed by atoms with Crippen LogP contribution < -0.4 is 14.8 Å². The molecular weight excluding hydrogens is 551 g/mol. The van der Waals surface area contributed by atoms with Crippen LogP contribution in [0.1, 0.15) is 31.2 Å². The Bertz CT molecular complexity index is 1460. The topological polar surface area (TPSA) is 76.9 Å². The average Bonchev–Trinajstić information content (AvgIpc) is 3.41. The number of alkyl halides is 5. The molecule has 1 aliphatic heterocycles. The van der Waals surface area contributed by atoms with E-state index in [1.165, 1.54) is 35.0 Å². The molecule has 4 aromatic rings. The SMILES string of the molecule is FC(F)(F)COc1ccn(-c2ccc3nc2-c2ccccc2C(F)(F)CCCCCNc2cccc(n2)SN3)n1. The van der Waals surface area contributed by atoms with Crippen LogP contribution in [0, 0.1) is 0 Å². The lowest BCUT2D eigenvalue weighted by atomic mass is 9.94. The van der Waals surface area contributed by atoms with E-state index in [-0.39, 0.29) is 29.1 Å². The molecule has 0 aliphatic carbocycles. The Morgan fingerprint density at radius 2 is 1.77 bits per heavy atom. The van der Waals surface area contributed by atoms with E-state index in [1.807, 2.05) is 18.2 Å². The molecule has 210 valence electrons. The number of aromatic nitrogens is 4. The Morgan fingerprint density at radius 3 is 2.62 bits per heavy atom. The summed E-state index contributed by atoms with van der Waals surface area (Å²) in [6, 6.07) is 16.2. The molecule has 40 heavy (non-hydrogen) atoms. The van der Waals surface area contributed by atoms with Crippen molar-refractivity contribution in [1.82, 2.24) is 19.7 Å². The molecule has 0 radical (unpaired) electrons. The van der Waals surface area contributed by atoms with Gasteiger partial charge in [-0.25, -0.2) is 23.4 Å². The van der Waals surface area contributed by atoms with Crippen LogP contribution in [-0.4, -0.2) is 39.1 Å². The van der Waals surface area contributed by atoms with Crippen LogP contribution in [0.3, 0.4) is 0 Å². The van der Waals surface area contributed by atoms with Gasteiger partial charge >= 0.3 is 6.18 Å². The third-order valence-corrected chi connectivity index (χ3v) is 6.85. The van der Waals surface area contributed by atoms with Gasteiger partial charge in [0.25, 0.3) is 5.92 Å². The predicted octanol–water partition coefficient (Wildman–Crippen LogP) is 7.47. The number of benzene rings is 1. The number of rotatable bonds is 3. The van der Waals surface area contributed by atoms with Crippen molar-refractivity contribution in [3.05, 3.63) is 72.4 Å². The van der Waals surface area contributed by atoms with Gasteiger partial charge in [-0.2, -0.15) is 13.2 Å². The number of pyridine rings is 2. The lowest BCUT2D eigenvalue weighted by Crippen LogP contribution is -2.19. The average molecular weight is 577 g/mol. The highest BCUT2D eigenvalue weighted by molar-refractivity contribution is 8.00. The molecule has 0 atom stereocenters. The van der Waals surface area contributed by atoms with Gasteiger partial charge in [0.1, 0.15) is 16.7 Å². The molecule has 0 amide bonds. The minimum atomic E-state index is -4.53. The standard InChI is InChI=1S/C27H25F5N6OS/c28-26(29)14-4-1-5-15-33-21-9-6-10-24(34-21)40-37-22-12-11-20(25(35-22)18-7-2-3-8-19(18)26)38-16-13-23(36-38)39-17-27(30,31)32/h2-3,6-13,16H,1,4-5,14-15,17H2,(H,33,34)(H,35,37). The first-order valence-corrected chi connectivity index (χ1v) is 13.4. The van der Waals surface area contributed by atoms with E-state index in [1.54, 1.807) is 30.3 Å². The Balaban J connectivity index is 1.57. The van der Waals surface area contributed by atoms with Gasteiger partial charge in [0, 0.05) is 48.3 Å². The zero-order valence-corrected chi connectivity index (χ0v) is 21.9. The number of halogens is 5. The lowest BCUT2D eigenvalue weighted by Gasteiger charge is -2.21. The molecule has 3 aromatic heterocycles. The maximum absolute atomic E-state index is 15.6. The van der Waals surface area contributed by atoms with Crippen LogP contribution in [0.15, 0.2) is 71.9 Å². The molecule has 0 saturated carbocycles. The van der Waals surface area contributed by atoms with Crippen LogP contribution in [0.5, 0.6) is 5.88 Å². The van der Waals surface area contributed by atoms with Gasteiger partial charge in [-0.05, 0) is 37.1 Å². The molecule has 2 N–H and O–H groups in total. The van der Waals surface area contributed by atoms with Gasteiger partial charge < -0.3 is 14.8 Å². The normalized spacial score (nSPS) is 15.7. The summed E-state index contributed by atoms with van der Waals surface area (Å²) in [6.07, 6.45) is -1.86. The quantitative estimate of drug-likeness (QED) is 0.194. The van der Waals surface area contributed by atoms with Gasteiger partial charge in [0.15, 0.2) is 6.61 Å². The Hall–Kier alpha value is -3.87. The second-order valence-corrected chi connectivity index (χ2v) is 9.95. The van der Waals surface area contributed by atoms with Crippen molar-refractivity contribution in [2.24, 2.45) is 0 Å². The van der Waals surface area contributed by atoms with Crippen LogP contribution >= 0.6 is 11.9 Å². The van der Waals surface area contributed by atoms with Crippen molar-refractivity contribution in [3.63, 3.8) is 0 Å². The van der Waals surface area contributed by atoms with Crippen molar-refractivity contribution in [1.29, 1.82) is 0 Å². The van der Waals surface area contributed by atoms with Crippen molar-refractivity contribution < 1.29 is 26.7 Å². The fourth-order valence-corrected chi connectivity index (χ4v) is 4.86. The van der Waals surface area contributed by atoms with Crippen molar-refractivity contribution in [2.75, 3.05) is 23.2 Å². The largest absolute Gasteiger partial charge is 0.467 e. The van der Waals surface area contributed by atoms with E-state index in [0.29, 0.717) is 48.2 Å². The van der Waals surface area contributed by atoms with Crippen LogP contribution in [0.4, 0.5) is 33.6 Å². The zero-order valence-electron chi connectivity index (χ0n) is 21.1. The molecule has 5 rings (SSSR count). The molecule has 0 fully saturated rings. The second-order valence-electron chi connectivity index (χ2n) is 9.12. The Morgan fingerprint density at radius 1 is 0.925 bits per heavy atom. The highest BCUT2D eigenvalue weighted by Crippen LogP contribution is 2.41. The van der Waals surface area contributed by atoms with E-state index in [2.05, 4.69) is 25.1 Å². The third kappa shape index (κ3) is 6.82. The maximum atomic E-state index is 15.6. The number of fused-ring (bicyclic) bond motifs is 6. The van der Waals surface area contributed by atoms with Gasteiger partial charge in [0.05, 0.1) is 11.4 Å². The second kappa shape index (κ2) is 11.7. The first kappa shape index (κ1) is 27.7. The monoisotopic (exact) mass is 576 g/mol. The molecule has 0 spiro atoms. The van der Waals surface area contributed by atoms with Gasteiger partial charge in [-0.15, -0.1) is 5.10 Å². The van der Waals surface area contributed by atoms with E-state index < -0.39 is 18.7 Å². The van der Waals surface area contributed by atoms with Crippen molar-refractivity contribution in [2.45, 2.75) is 42.8 Å². The van der Waals surface area contributed by atoms with Gasteiger partial charge in [-0.3, -0.25) is 0 Å². The summed E-state index contributed by atoms with van der Waals surface area (Å²) < 4.78 is 78.2. The van der Waals surface area contributed by atoms with E-state index >= 15 is 8.78 Å². The highest BCUT2D eigenvalue weighted by atomic mass is 32.2. The number of ether oxygens (including phenoxy) is 1. The smallest absolute Gasteiger partial charge is 0.422 e. The summed E-state index contributed by atoms with van der Waals surface area (Å²) in [5, 5.41) is 7.99. The Kier molecular flexibility index (Phi) is 8.10. The summed E-state index contributed by atoms with van der Waals surface area (Å²) in [6.45, 7) is -0.893. The van der Waals surface area contributed by atoms with E-state index in [4.69, 9.17) is 4.74 Å². The summed E-state index contributed by atoms with van der Waals surface area (Å²) in [7, 11) is 0. The first-order chi connectivity index (χ1) is 19.2. The summed E-state index contributed by atoms with van der Waals surface area (Å²) in [5.41, 5.74) is 0.475. The molecule has 0 unspecified atom stereocenters. The minimum absolute atomic E-state index is 0.180. The first-order valence-electron chi connectivity index (χ1n) is 12.6. The zero-order chi connectivity index (χ0) is 28.2. The molecule has 1 aromatic carbocycles. The fraction of sp³-hybridized carbons (Fsp3) is 0.296. The molecule has 4 bridgehead atoms. The molecule has 0 saturated heterocycles.